The predicted octanol–water partition coefficient (Wildman–Crippen LogP) is 3.79. The van der Waals surface area contributed by atoms with Crippen molar-refractivity contribution in [1.29, 1.82) is 0 Å². The highest BCUT2D eigenvalue weighted by Crippen LogP contribution is 2.35. The summed E-state index contributed by atoms with van der Waals surface area (Å²) in [5.74, 6) is -0.181. The zero-order valence-electron chi connectivity index (χ0n) is 13.0. The fourth-order valence-electron chi connectivity index (χ4n) is 3.28. The molecule has 1 aromatic carbocycles. The summed E-state index contributed by atoms with van der Waals surface area (Å²) >= 11 is 0. The minimum absolute atomic E-state index is 0.172. The molecule has 0 amide bonds. The van der Waals surface area contributed by atoms with Gasteiger partial charge in [-0.1, -0.05) is 31.0 Å². The molecule has 0 aliphatic carbocycles. The maximum Gasteiger partial charge on any atom is 0.128 e. The third kappa shape index (κ3) is 2.89. The van der Waals surface area contributed by atoms with Crippen LogP contribution in [0.4, 0.5) is 4.39 Å². The number of rotatable bonds is 4. The Morgan fingerprint density at radius 1 is 1.30 bits per heavy atom. The molecule has 2 N–H and O–H groups in total. The molecule has 0 aromatic heterocycles. The number of halogens is 1. The number of piperidine rings is 1. The van der Waals surface area contributed by atoms with Crippen LogP contribution in [0.1, 0.15) is 56.7 Å². The topological polar surface area (TPSA) is 29.3 Å². The first kappa shape index (κ1) is 15.5. The number of nitrogens with zero attached hydrogens (tertiary/aromatic N) is 1. The molecule has 2 nitrogen and oxygen atoms in total. The van der Waals surface area contributed by atoms with Crippen LogP contribution in [0, 0.1) is 12.7 Å². The van der Waals surface area contributed by atoms with Gasteiger partial charge in [0.25, 0.3) is 0 Å². The summed E-state index contributed by atoms with van der Waals surface area (Å²) in [7, 11) is 0. The van der Waals surface area contributed by atoms with Crippen LogP contribution in [-0.2, 0) is 0 Å². The number of likely N-dealkylation sites (tertiary alicyclic amines) is 1. The van der Waals surface area contributed by atoms with Gasteiger partial charge in [0.1, 0.15) is 5.82 Å². The SMILES string of the molecule is CCC(C)(C(N)c1cc(C)ccc1F)N1CCCCC1. The lowest BCUT2D eigenvalue weighted by Crippen LogP contribution is -2.54. The third-order valence-corrected chi connectivity index (χ3v) is 4.95. The van der Waals surface area contributed by atoms with E-state index in [1.807, 2.05) is 13.0 Å². The van der Waals surface area contributed by atoms with E-state index in [9.17, 15) is 4.39 Å². The van der Waals surface area contributed by atoms with Gasteiger partial charge in [0.2, 0.25) is 0 Å². The quantitative estimate of drug-likeness (QED) is 0.908. The number of nitrogens with two attached hydrogens (primary N) is 1. The molecule has 0 bridgehead atoms. The zero-order chi connectivity index (χ0) is 14.8. The first-order valence-corrected chi connectivity index (χ1v) is 7.75. The highest BCUT2D eigenvalue weighted by molar-refractivity contribution is 5.29. The molecule has 1 aromatic rings. The summed E-state index contributed by atoms with van der Waals surface area (Å²) in [4.78, 5) is 2.46. The van der Waals surface area contributed by atoms with Crippen LogP contribution in [0.3, 0.4) is 0 Å². The molecule has 112 valence electrons. The van der Waals surface area contributed by atoms with Gasteiger partial charge >= 0.3 is 0 Å². The van der Waals surface area contributed by atoms with Crippen LogP contribution in [0.2, 0.25) is 0 Å². The predicted molar refractivity (Wildman–Crippen MR) is 82.2 cm³/mol. The summed E-state index contributed by atoms with van der Waals surface area (Å²) in [5, 5.41) is 0. The van der Waals surface area contributed by atoms with Crippen molar-refractivity contribution in [1.82, 2.24) is 4.90 Å². The van der Waals surface area contributed by atoms with Crippen LogP contribution >= 0.6 is 0 Å². The van der Waals surface area contributed by atoms with E-state index in [4.69, 9.17) is 5.73 Å². The van der Waals surface area contributed by atoms with Gasteiger partial charge in [-0.2, -0.15) is 0 Å². The Bertz CT molecular complexity index is 454. The fourth-order valence-corrected chi connectivity index (χ4v) is 3.28. The maximum atomic E-state index is 14.2. The Kier molecular flexibility index (Phi) is 4.82. The minimum atomic E-state index is -0.287. The number of hydrogen-bond acceptors (Lipinski definition) is 2. The van der Waals surface area contributed by atoms with E-state index in [-0.39, 0.29) is 17.4 Å². The van der Waals surface area contributed by atoms with E-state index in [0.29, 0.717) is 5.56 Å². The van der Waals surface area contributed by atoms with Crippen molar-refractivity contribution >= 4 is 0 Å². The molecule has 1 saturated heterocycles. The van der Waals surface area contributed by atoms with Crippen LogP contribution in [0.25, 0.3) is 0 Å². The second-order valence-electron chi connectivity index (χ2n) is 6.26. The minimum Gasteiger partial charge on any atom is -0.322 e. The molecule has 2 atom stereocenters. The molecule has 3 heteroatoms. The smallest absolute Gasteiger partial charge is 0.128 e. The molecular weight excluding hydrogens is 251 g/mol. The second kappa shape index (κ2) is 6.23. The van der Waals surface area contributed by atoms with Gasteiger partial charge in [0, 0.05) is 11.1 Å². The molecule has 1 fully saturated rings. The molecule has 1 heterocycles. The van der Waals surface area contributed by atoms with Gasteiger partial charge < -0.3 is 5.73 Å². The van der Waals surface area contributed by atoms with Gasteiger partial charge in [-0.15, -0.1) is 0 Å². The fraction of sp³-hybridized carbons (Fsp3) is 0.647. The van der Waals surface area contributed by atoms with E-state index in [0.717, 1.165) is 25.1 Å². The molecule has 1 aliphatic heterocycles. The lowest BCUT2D eigenvalue weighted by Gasteiger charge is -2.47. The average molecular weight is 278 g/mol. The van der Waals surface area contributed by atoms with Crippen molar-refractivity contribution in [3.63, 3.8) is 0 Å². The summed E-state index contributed by atoms with van der Waals surface area (Å²) in [6.07, 6.45) is 4.67. The molecule has 1 aliphatic rings. The van der Waals surface area contributed by atoms with Crippen LogP contribution in [0.15, 0.2) is 18.2 Å². The van der Waals surface area contributed by atoms with Gasteiger partial charge in [-0.3, -0.25) is 4.90 Å². The standard InChI is InChI=1S/C17H27FN2/c1-4-17(3,20-10-6-5-7-11-20)16(19)14-12-13(2)8-9-15(14)18/h8-9,12,16H,4-7,10-11,19H2,1-3H3. The van der Waals surface area contributed by atoms with Crippen LogP contribution in [-0.4, -0.2) is 23.5 Å². The van der Waals surface area contributed by atoms with Crippen LogP contribution in [0.5, 0.6) is 0 Å². The normalized spacial score (nSPS) is 21.4. The number of aryl methyl sites for hydroxylation is 1. The Morgan fingerprint density at radius 2 is 1.95 bits per heavy atom. The summed E-state index contributed by atoms with van der Waals surface area (Å²) in [6.45, 7) is 8.48. The Hall–Kier alpha value is -0.930. The molecule has 0 spiro atoms. The van der Waals surface area contributed by atoms with Gasteiger partial charge in [-0.05, 0) is 52.3 Å². The summed E-state index contributed by atoms with van der Waals surface area (Å²) in [6, 6.07) is 4.95. The lowest BCUT2D eigenvalue weighted by molar-refractivity contribution is 0.0533. The molecule has 20 heavy (non-hydrogen) atoms. The molecule has 2 rings (SSSR count). The Labute approximate surface area is 122 Å². The first-order chi connectivity index (χ1) is 9.49. The summed E-state index contributed by atoms with van der Waals surface area (Å²) < 4.78 is 14.2. The highest BCUT2D eigenvalue weighted by atomic mass is 19.1. The number of benzene rings is 1. The second-order valence-corrected chi connectivity index (χ2v) is 6.26. The molecule has 0 radical (unpaired) electrons. The van der Waals surface area contributed by atoms with Crippen molar-refractivity contribution in [2.45, 2.75) is 58.0 Å². The largest absolute Gasteiger partial charge is 0.322 e. The molecule has 0 saturated carbocycles. The monoisotopic (exact) mass is 278 g/mol. The average Bonchev–Trinajstić information content (AvgIpc) is 2.49. The van der Waals surface area contributed by atoms with Gasteiger partial charge in [-0.25, -0.2) is 4.39 Å². The lowest BCUT2D eigenvalue weighted by atomic mass is 9.82. The zero-order valence-corrected chi connectivity index (χ0v) is 13.0. The first-order valence-electron chi connectivity index (χ1n) is 7.75. The van der Waals surface area contributed by atoms with Crippen molar-refractivity contribution < 1.29 is 4.39 Å². The van der Waals surface area contributed by atoms with E-state index in [2.05, 4.69) is 18.7 Å². The van der Waals surface area contributed by atoms with E-state index < -0.39 is 0 Å². The van der Waals surface area contributed by atoms with E-state index in [1.54, 1.807) is 6.07 Å². The third-order valence-electron chi connectivity index (χ3n) is 4.95. The van der Waals surface area contributed by atoms with Gasteiger partial charge in [0.05, 0.1) is 6.04 Å². The maximum absolute atomic E-state index is 14.2. The van der Waals surface area contributed by atoms with Crippen molar-refractivity contribution in [2.75, 3.05) is 13.1 Å². The molecule has 2 unspecified atom stereocenters. The Balaban J connectivity index is 2.31. The van der Waals surface area contributed by atoms with Crippen LogP contribution < -0.4 is 5.73 Å². The Morgan fingerprint density at radius 3 is 2.55 bits per heavy atom. The van der Waals surface area contributed by atoms with Gasteiger partial charge in [0.15, 0.2) is 0 Å². The highest BCUT2D eigenvalue weighted by Gasteiger charge is 2.38. The van der Waals surface area contributed by atoms with E-state index in [1.165, 1.54) is 25.3 Å². The van der Waals surface area contributed by atoms with E-state index >= 15 is 0 Å². The van der Waals surface area contributed by atoms with Crippen molar-refractivity contribution in [2.24, 2.45) is 5.73 Å². The summed E-state index contributed by atoms with van der Waals surface area (Å²) in [5.41, 5.74) is 8.05. The van der Waals surface area contributed by atoms with Crippen molar-refractivity contribution in [3.8, 4) is 0 Å². The number of hydrogen-bond donors (Lipinski definition) is 1. The van der Waals surface area contributed by atoms with Crippen molar-refractivity contribution in [3.05, 3.63) is 35.1 Å². The molecular formula is C17H27FN2.